The molecule has 0 radical (unpaired) electrons. The summed E-state index contributed by atoms with van der Waals surface area (Å²) in [6, 6.07) is 7.80. The third-order valence-corrected chi connectivity index (χ3v) is 7.89. The highest BCUT2D eigenvalue weighted by Gasteiger charge is 2.27. The number of nitrogens with one attached hydrogen (secondary N) is 1. The Labute approximate surface area is 188 Å². The smallest absolute Gasteiger partial charge is 0.259 e. The molecule has 0 bridgehead atoms. The van der Waals surface area contributed by atoms with Crippen LogP contribution in [0.2, 0.25) is 0 Å². The first-order valence-corrected chi connectivity index (χ1v) is 12.1. The first-order valence-electron chi connectivity index (χ1n) is 11.3. The number of piperidine rings is 1. The van der Waals surface area contributed by atoms with Crippen LogP contribution in [0.15, 0.2) is 33.5 Å². The lowest BCUT2D eigenvalue weighted by molar-refractivity contribution is -0.132. The molecule has 1 saturated heterocycles. The van der Waals surface area contributed by atoms with Crippen molar-refractivity contribution < 1.29 is 9.21 Å². The van der Waals surface area contributed by atoms with E-state index >= 15 is 0 Å². The summed E-state index contributed by atoms with van der Waals surface area (Å²) in [6.07, 6.45) is 5.64. The number of fused-ring (bicyclic) bond motifs is 4. The van der Waals surface area contributed by atoms with E-state index in [2.05, 4.69) is 15.0 Å². The summed E-state index contributed by atoms with van der Waals surface area (Å²) in [4.78, 5) is 41.6. The van der Waals surface area contributed by atoms with E-state index in [1.54, 1.807) is 11.3 Å². The number of thiophene rings is 1. The molecule has 1 N–H and O–H groups in total. The Balaban J connectivity index is 1.08. The number of nitrogens with zero attached hydrogens (tertiary/aromatic N) is 3. The Bertz CT molecular complexity index is 1340. The number of aromatic nitrogens is 3. The second-order valence-corrected chi connectivity index (χ2v) is 9.81. The lowest BCUT2D eigenvalue weighted by Crippen LogP contribution is -2.38. The fraction of sp³-hybridized carbons (Fsp3) is 0.417. The molecule has 8 heteroatoms. The molecule has 1 aliphatic heterocycles. The number of para-hydroxylation sites is 2. The summed E-state index contributed by atoms with van der Waals surface area (Å²) in [5.41, 5.74) is 2.82. The van der Waals surface area contributed by atoms with Crippen LogP contribution >= 0.6 is 11.3 Å². The fourth-order valence-corrected chi connectivity index (χ4v) is 6.27. The molecule has 1 aliphatic carbocycles. The van der Waals surface area contributed by atoms with Crippen molar-refractivity contribution in [1.29, 1.82) is 0 Å². The standard InChI is InChI=1S/C24H24N4O3S/c29-20(9-8-19-26-22(30)21-15-4-3-7-18(15)32-24(21)27-19)28-12-10-14(11-13-28)23-25-16-5-1-2-6-17(16)31-23/h1-2,5-6,14H,3-4,7-13H2,(H,26,27,30). The average molecular weight is 449 g/mol. The Morgan fingerprint density at radius 1 is 1.19 bits per heavy atom. The van der Waals surface area contributed by atoms with Crippen molar-refractivity contribution in [2.75, 3.05) is 13.1 Å². The number of oxazole rings is 1. The largest absolute Gasteiger partial charge is 0.440 e. The zero-order chi connectivity index (χ0) is 21.7. The van der Waals surface area contributed by atoms with Gasteiger partial charge < -0.3 is 14.3 Å². The number of carbonyl (C=O) groups is 1. The van der Waals surface area contributed by atoms with Gasteiger partial charge in [0.1, 0.15) is 16.2 Å². The van der Waals surface area contributed by atoms with Gasteiger partial charge >= 0.3 is 0 Å². The van der Waals surface area contributed by atoms with Crippen LogP contribution in [0.4, 0.5) is 0 Å². The number of hydrogen-bond acceptors (Lipinski definition) is 6. The van der Waals surface area contributed by atoms with E-state index < -0.39 is 0 Å². The third-order valence-electron chi connectivity index (χ3n) is 6.71. The van der Waals surface area contributed by atoms with Gasteiger partial charge in [0.25, 0.3) is 5.56 Å². The molecule has 1 amide bonds. The first-order chi connectivity index (χ1) is 15.7. The van der Waals surface area contributed by atoms with Gasteiger partial charge in [0.05, 0.1) is 5.39 Å². The molecule has 6 rings (SSSR count). The molecule has 4 heterocycles. The molecule has 32 heavy (non-hydrogen) atoms. The molecular weight excluding hydrogens is 424 g/mol. The van der Waals surface area contributed by atoms with Crippen molar-refractivity contribution >= 4 is 38.6 Å². The maximum atomic E-state index is 12.8. The number of aryl methyl sites for hydroxylation is 3. The van der Waals surface area contributed by atoms with Crippen LogP contribution in [0.5, 0.6) is 0 Å². The minimum atomic E-state index is -0.0593. The van der Waals surface area contributed by atoms with Gasteiger partial charge in [-0.05, 0) is 49.8 Å². The Morgan fingerprint density at radius 2 is 2.03 bits per heavy atom. The van der Waals surface area contributed by atoms with Crippen LogP contribution in [-0.4, -0.2) is 38.8 Å². The number of aromatic amines is 1. The normalized spacial score (nSPS) is 16.8. The highest BCUT2D eigenvalue weighted by Crippen LogP contribution is 2.34. The molecule has 3 aromatic heterocycles. The second-order valence-electron chi connectivity index (χ2n) is 8.73. The Kier molecular flexibility index (Phi) is 4.82. The molecule has 1 aromatic carbocycles. The maximum absolute atomic E-state index is 12.8. The summed E-state index contributed by atoms with van der Waals surface area (Å²) < 4.78 is 5.92. The van der Waals surface area contributed by atoms with Gasteiger partial charge in [-0.1, -0.05) is 12.1 Å². The van der Waals surface area contributed by atoms with Crippen LogP contribution in [-0.2, 0) is 24.1 Å². The summed E-state index contributed by atoms with van der Waals surface area (Å²) in [5.74, 6) is 1.73. The van der Waals surface area contributed by atoms with E-state index in [0.29, 0.717) is 31.8 Å². The van der Waals surface area contributed by atoms with Gasteiger partial charge in [-0.3, -0.25) is 9.59 Å². The second kappa shape index (κ2) is 7.85. The van der Waals surface area contributed by atoms with Gasteiger partial charge in [-0.2, -0.15) is 0 Å². The number of H-pyrrole nitrogens is 1. The summed E-state index contributed by atoms with van der Waals surface area (Å²) in [6.45, 7) is 1.39. The van der Waals surface area contributed by atoms with Crippen molar-refractivity contribution in [2.45, 2.75) is 50.9 Å². The monoisotopic (exact) mass is 448 g/mol. The summed E-state index contributed by atoms with van der Waals surface area (Å²) in [7, 11) is 0. The molecule has 0 saturated carbocycles. The topological polar surface area (TPSA) is 92.1 Å². The van der Waals surface area contributed by atoms with E-state index in [1.165, 1.54) is 10.4 Å². The van der Waals surface area contributed by atoms with Crippen molar-refractivity contribution in [2.24, 2.45) is 0 Å². The number of benzene rings is 1. The Morgan fingerprint density at radius 3 is 2.88 bits per heavy atom. The number of carbonyl (C=O) groups excluding carboxylic acids is 1. The van der Waals surface area contributed by atoms with E-state index in [1.807, 2.05) is 29.2 Å². The molecule has 164 valence electrons. The zero-order valence-electron chi connectivity index (χ0n) is 17.7. The number of likely N-dealkylation sites (tertiary alicyclic amines) is 1. The van der Waals surface area contributed by atoms with Gasteiger partial charge in [-0.25, -0.2) is 9.97 Å². The number of hydrogen-bond donors (Lipinski definition) is 1. The quantitative estimate of drug-likeness (QED) is 0.510. The molecule has 0 atom stereocenters. The minimum Gasteiger partial charge on any atom is -0.440 e. The van der Waals surface area contributed by atoms with Gasteiger partial charge in [0.15, 0.2) is 11.5 Å². The average Bonchev–Trinajstić information content (AvgIpc) is 3.51. The van der Waals surface area contributed by atoms with Crippen LogP contribution in [0, 0.1) is 0 Å². The van der Waals surface area contributed by atoms with Crippen molar-refractivity contribution in [3.63, 3.8) is 0 Å². The van der Waals surface area contributed by atoms with E-state index in [9.17, 15) is 9.59 Å². The molecule has 0 spiro atoms. The van der Waals surface area contributed by atoms with Gasteiger partial charge in [0, 0.05) is 36.7 Å². The molecule has 4 aromatic rings. The highest BCUT2D eigenvalue weighted by atomic mass is 32.1. The van der Waals surface area contributed by atoms with Crippen LogP contribution < -0.4 is 5.56 Å². The lowest BCUT2D eigenvalue weighted by Gasteiger charge is -2.30. The van der Waals surface area contributed by atoms with Crippen LogP contribution in [0.1, 0.15) is 53.8 Å². The van der Waals surface area contributed by atoms with Gasteiger partial charge in [-0.15, -0.1) is 11.3 Å². The zero-order valence-corrected chi connectivity index (χ0v) is 18.5. The van der Waals surface area contributed by atoms with Crippen LogP contribution in [0.25, 0.3) is 21.3 Å². The number of rotatable bonds is 4. The van der Waals surface area contributed by atoms with Gasteiger partial charge in [0.2, 0.25) is 5.91 Å². The first kappa shape index (κ1) is 19.7. The predicted octanol–water partition coefficient (Wildman–Crippen LogP) is 3.95. The molecular formula is C24H24N4O3S. The predicted molar refractivity (Wildman–Crippen MR) is 123 cm³/mol. The number of amides is 1. The van der Waals surface area contributed by atoms with E-state index in [0.717, 1.165) is 59.3 Å². The lowest BCUT2D eigenvalue weighted by atomic mass is 9.96. The SMILES string of the molecule is O=C(CCc1nc2sc3c(c2c(=O)[nH]1)CCC3)N1CCC(c2nc3ccccc3o2)CC1. The highest BCUT2D eigenvalue weighted by molar-refractivity contribution is 7.18. The molecule has 2 aliphatic rings. The summed E-state index contributed by atoms with van der Waals surface area (Å²) in [5, 5.41) is 0.763. The Hall–Kier alpha value is -3.00. The van der Waals surface area contributed by atoms with Crippen LogP contribution in [0.3, 0.4) is 0 Å². The van der Waals surface area contributed by atoms with E-state index in [4.69, 9.17) is 4.42 Å². The van der Waals surface area contributed by atoms with Crippen molar-refractivity contribution in [3.8, 4) is 0 Å². The molecule has 7 nitrogen and oxygen atoms in total. The molecule has 1 fully saturated rings. The maximum Gasteiger partial charge on any atom is 0.259 e. The van der Waals surface area contributed by atoms with Crippen molar-refractivity contribution in [1.82, 2.24) is 19.9 Å². The fourth-order valence-electron chi connectivity index (χ4n) is 4.99. The third kappa shape index (κ3) is 3.43. The van der Waals surface area contributed by atoms with E-state index in [-0.39, 0.29) is 17.4 Å². The summed E-state index contributed by atoms with van der Waals surface area (Å²) >= 11 is 1.64. The van der Waals surface area contributed by atoms with Crippen molar-refractivity contribution in [3.05, 3.63) is 56.8 Å². The minimum absolute atomic E-state index is 0.0593. The molecule has 0 unspecified atom stereocenters.